The smallest absolute Gasteiger partial charge is 0.134 e. The number of hydrogen-bond donors (Lipinski definition) is 2. The van der Waals surface area contributed by atoms with Gasteiger partial charge in [0, 0.05) is 18.7 Å². The first kappa shape index (κ1) is 15.1. The Bertz CT molecular complexity index is 444. The molecule has 20 heavy (non-hydrogen) atoms. The normalized spacial score (nSPS) is 22.6. The maximum atomic E-state index is 4.56. The maximum Gasteiger partial charge on any atom is 0.134 e. The summed E-state index contributed by atoms with van der Waals surface area (Å²) in [6.45, 7) is 10.4. The van der Waals surface area contributed by atoms with Crippen molar-refractivity contribution in [1.82, 2.24) is 9.97 Å². The largest absolute Gasteiger partial charge is 0.370 e. The lowest BCUT2D eigenvalue weighted by atomic mass is 9.80. The molecule has 0 aromatic carbocycles. The van der Waals surface area contributed by atoms with Crippen LogP contribution in [0.25, 0.3) is 0 Å². The summed E-state index contributed by atoms with van der Waals surface area (Å²) in [5.41, 5.74) is 1.13. The molecular formula is C16H28N4. The molecule has 2 rings (SSSR count). The van der Waals surface area contributed by atoms with Crippen LogP contribution in [0.1, 0.15) is 50.9 Å². The summed E-state index contributed by atoms with van der Waals surface area (Å²) >= 11 is 0. The number of anilines is 2. The summed E-state index contributed by atoms with van der Waals surface area (Å²) in [5.74, 6) is 4.38. The fourth-order valence-corrected chi connectivity index (χ4v) is 3.06. The monoisotopic (exact) mass is 276 g/mol. The van der Waals surface area contributed by atoms with E-state index in [1.807, 2.05) is 6.92 Å². The van der Waals surface area contributed by atoms with E-state index in [1.165, 1.54) is 25.7 Å². The van der Waals surface area contributed by atoms with Gasteiger partial charge in [0.05, 0.1) is 0 Å². The van der Waals surface area contributed by atoms with Crippen molar-refractivity contribution >= 4 is 11.6 Å². The fourth-order valence-electron chi connectivity index (χ4n) is 3.06. The molecule has 1 heterocycles. The van der Waals surface area contributed by atoms with E-state index in [-0.39, 0.29) is 0 Å². The van der Waals surface area contributed by atoms with Crippen LogP contribution in [-0.4, -0.2) is 23.1 Å². The Morgan fingerprint density at radius 2 is 1.70 bits per heavy atom. The second-order valence-electron chi connectivity index (χ2n) is 6.03. The Balaban J connectivity index is 2.04. The third kappa shape index (κ3) is 3.62. The molecule has 0 amide bonds. The van der Waals surface area contributed by atoms with Crippen molar-refractivity contribution in [3.8, 4) is 0 Å². The molecule has 2 atom stereocenters. The van der Waals surface area contributed by atoms with Crippen LogP contribution in [0.15, 0.2) is 0 Å². The predicted molar refractivity (Wildman–Crippen MR) is 85.3 cm³/mol. The Kier molecular flexibility index (Phi) is 5.21. The average Bonchev–Trinajstić information content (AvgIpc) is 2.42. The van der Waals surface area contributed by atoms with E-state index in [9.17, 15) is 0 Å². The zero-order valence-corrected chi connectivity index (χ0v) is 13.3. The third-order valence-corrected chi connectivity index (χ3v) is 4.42. The van der Waals surface area contributed by atoms with Gasteiger partial charge in [-0.05, 0) is 39.0 Å². The molecule has 2 N–H and O–H groups in total. The van der Waals surface area contributed by atoms with Crippen molar-refractivity contribution < 1.29 is 0 Å². The van der Waals surface area contributed by atoms with Gasteiger partial charge in [-0.1, -0.05) is 26.2 Å². The first-order chi connectivity index (χ1) is 9.61. The number of nitrogens with one attached hydrogen (secondary N) is 2. The summed E-state index contributed by atoms with van der Waals surface area (Å²) in [6.07, 6.45) is 5.49. The maximum absolute atomic E-state index is 4.56. The van der Waals surface area contributed by atoms with Crippen LogP contribution in [0.3, 0.4) is 0 Å². The van der Waals surface area contributed by atoms with E-state index >= 15 is 0 Å². The SMILES string of the molecule is CCNc1nc(C)nc(NCC2CCCCC2C)c1C. The summed E-state index contributed by atoms with van der Waals surface area (Å²) in [6, 6.07) is 0. The van der Waals surface area contributed by atoms with Gasteiger partial charge in [-0.2, -0.15) is 0 Å². The molecular weight excluding hydrogens is 248 g/mol. The van der Waals surface area contributed by atoms with Crippen molar-refractivity contribution in [2.75, 3.05) is 23.7 Å². The molecule has 0 saturated heterocycles. The predicted octanol–water partition coefficient (Wildman–Crippen LogP) is 3.76. The topological polar surface area (TPSA) is 49.8 Å². The molecule has 1 aliphatic carbocycles. The van der Waals surface area contributed by atoms with Crippen LogP contribution in [0.5, 0.6) is 0 Å². The number of aryl methyl sites for hydroxylation is 1. The van der Waals surface area contributed by atoms with Crippen LogP contribution < -0.4 is 10.6 Å². The molecule has 1 saturated carbocycles. The quantitative estimate of drug-likeness (QED) is 0.859. The van der Waals surface area contributed by atoms with Gasteiger partial charge in [0.1, 0.15) is 17.5 Å². The van der Waals surface area contributed by atoms with Crippen molar-refractivity contribution in [2.45, 2.75) is 53.4 Å². The molecule has 2 unspecified atom stereocenters. The molecule has 1 aromatic heterocycles. The summed E-state index contributed by atoms with van der Waals surface area (Å²) in [4.78, 5) is 9.03. The Morgan fingerprint density at radius 3 is 2.35 bits per heavy atom. The number of aromatic nitrogens is 2. The Hall–Kier alpha value is -1.32. The van der Waals surface area contributed by atoms with Gasteiger partial charge in [0.25, 0.3) is 0 Å². The van der Waals surface area contributed by atoms with Gasteiger partial charge in [0.2, 0.25) is 0 Å². The molecule has 112 valence electrons. The second-order valence-corrected chi connectivity index (χ2v) is 6.03. The highest BCUT2D eigenvalue weighted by atomic mass is 15.1. The van der Waals surface area contributed by atoms with Gasteiger partial charge >= 0.3 is 0 Å². The van der Waals surface area contributed by atoms with E-state index in [0.29, 0.717) is 0 Å². The van der Waals surface area contributed by atoms with Crippen molar-refractivity contribution in [2.24, 2.45) is 11.8 Å². The fraction of sp³-hybridized carbons (Fsp3) is 0.750. The van der Waals surface area contributed by atoms with E-state index < -0.39 is 0 Å². The average molecular weight is 276 g/mol. The minimum Gasteiger partial charge on any atom is -0.370 e. The zero-order chi connectivity index (χ0) is 14.5. The lowest BCUT2D eigenvalue weighted by Crippen LogP contribution is -2.25. The lowest BCUT2D eigenvalue weighted by molar-refractivity contribution is 0.268. The van der Waals surface area contributed by atoms with E-state index in [2.05, 4.69) is 41.4 Å². The minimum atomic E-state index is 0.779. The molecule has 4 nitrogen and oxygen atoms in total. The molecule has 0 spiro atoms. The van der Waals surface area contributed by atoms with Crippen molar-refractivity contribution in [1.29, 1.82) is 0 Å². The summed E-state index contributed by atoms with van der Waals surface area (Å²) < 4.78 is 0. The second kappa shape index (κ2) is 6.91. The number of rotatable bonds is 5. The van der Waals surface area contributed by atoms with Crippen LogP contribution in [0, 0.1) is 25.7 Å². The molecule has 1 aromatic rings. The van der Waals surface area contributed by atoms with Crippen molar-refractivity contribution in [3.63, 3.8) is 0 Å². The Labute approximate surface area is 122 Å². The van der Waals surface area contributed by atoms with E-state index in [0.717, 1.165) is 47.9 Å². The summed E-state index contributed by atoms with van der Waals surface area (Å²) in [5, 5.41) is 6.87. The minimum absolute atomic E-state index is 0.779. The summed E-state index contributed by atoms with van der Waals surface area (Å²) in [7, 11) is 0. The highest BCUT2D eigenvalue weighted by Crippen LogP contribution is 2.30. The number of nitrogens with zero attached hydrogens (tertiary/aromatic N) is 2. The van der Waals surface area contributed by atoms with E-state index in [4.69, 9.17) is 0 Å². The molecule has 1 fully saturated rings. The lowest BCUT2D eigenvalue weighted by Gasteiger charge is -2.29. The van der Waals surface area contributed by atoms with Crippen LogP contribution >= 0.6 is 0 Å². The van der Waals surface area contributed by atoms with Gasteiger partial charge in [-0.3, -0.25) is 0 Å². The highest BCUT2D eigenvalue weighted by molar-refractivity contribution is 5.57. The van der Waals surface area contributed by atoms with E-state index in [1.54, 1.807) is 0 Å². The van der Waals surface area contributed by atoms with Gasteiger partial charge in [-0.15, -0.1) is 0 Å². The first-order valence-corrected chi connectivity index (χ1v) is 7.94. The number of hydrogen-bond acceptors (Lipinski definition) is 4. The third-order valence-electron chi connectivity index (χ3n) is 4.42. The van der Waals surface area contributed by atoms with Gasteiger partial charge in [0.15, 0.2) is 0 Å². The standard InChI is InChI=1S/C16H28N4/c1-5-17-15-12(3)16(20-13(4)19-15)18-10-14-9-7-6-8-11(14)2/h11,14H,5-10H2,1-4H3,(H2,17,18,19,20). The molecule has 0 radical (unpaired) electrons. The van der Waals surface area contributed by atoms with Crippen LogP contribution in [0.2, 0.25) is 0 Å². The first-order valence-electron chi connectivity index (χ1n) is 7.94. The molecule has 0 aliphatic heterocycles. The molecule has 0 bridgehead atoms. The molecule has 1 aliphatic rings. The zero-order valence-electron chi connectivity index (χ0n) is 13.3. The van der Waals surface area contributed by atoms with Crippen LogP contribution in [-0.2, 0) is 0 Å². The van der Waals surface area contributed by atoms with Crippen molar-refractivity contribution in [3.05, 3.63) is 11.4 Å². The van der Waals surface area contributed by atoms with Gasteiger partial charge < -0.3 is 10.6 Å². The highest BCUT2D eigenvalue weighted by Gasteiger charge is 2.21. The van der Waals surface area contributed by atoms with Crippen LogP contribution in [0.4, 0.5) is 11.6 Å². The molecule has 4 heteroatoms. The van der Waals surface area contributed by atoms with Gasteiger partial charge in [-0.25, -0.2) is 9.97 Å². The Morgan fingerprint density at radius 1 is 1.05 bits per heavy atom.